The Labute approximate surface area is 178 Å². The summed E-state index contributed by atoms with van der Waals surface area (Å²) in [6.45, 7) is 0. The van der Waals surface area contributed by atoms with Crippen LogP contribution in [0, 0.1) is 36.4 Å². The minimum atomic E-state index is -1.29. The van der Waals surface area contributed by atoms with Crippen molar-refractivity contribution in [1.29, 1.82) is 0 Å². The smallest absolute Gasteiger partial charge is 0.255 e. The van der Waals surface area contributed by atoms with Crippen LogP contribution in [0.1, 0.15) is 34.1 Å². The van der Waals surface area contributed by atoms with Gasteiger partial charge in [0.2, 0.25) is 0 Å². The van der Waals surface area contributed by atoms with Crippen LogP contribution in [0.25, 0.3) is 0 Å². The summed E-state index contributed by atoms with van der Waals surface area (Å²) in [5.41, 5.74) is 7.25. The molecule has 0 saturated carbocycles. The van der Waals surface area contributed by atoms with Crippen molar-refractivity contribution in [1.82, 2.24) is 5.32 Å². The highest BCUT2D eigenvalue weighted by Gasteiger charge is 2.18. The molecule has 0 radical (unpaired) electrons. The number of terminal acetylenes is 2. The van der Waals surface area contributed by atoms with E-state index in [0.29, 0.717) is 5.70 Å². The molecule has 0 fully saturated rings. The molecular formula is C24H19F2N3O2. The molecule has 1 amide bonds. The highest BCUT2D eigenvalue weighted by atomic mass is 19.1. The number of carbonyl (C=O) groups excluding carboxylic acids is 1. The van der Waals surface area contributed by atoms with Crippen LogP contribution < -0.4 is 16.4 Å². The number of aliphatic hydroxyl groups is 1. The number of anilines is 2. The van der Waals surface area contributed by atoms with Crippen LogP contribution in [0.15, 0.2) is 60.1 Å². The van der Waals surface area contributed by atoms with Gasteiger partial charge in [-0.2, -0.15) is 0 Å². The number of allylic oxidation sites excluding steroid dienone is 3. The number of benzene rings is 2. The molecule has 1 aliphatic rings. The van der Waals surface area contributed by atoms with Gasteiger partial charge in [0, 0.05) is 46.1 Å². The van der Waals surface area contributed by atoms with Gasteiger partial charge in [-0.25, -0.2) is 8.78 Å². The molecule has 156 valence electrons. The van der Waals surface area contributed by atoms with Gasteiger partial charge in [-0.1, -0.05) is 11.8 Å². The number of amides is 1. The van der Waals surface area contributed by atoms with Gasteiger partial charge >= 0.3 is 0 Å². The fraction of sp³-hybridized carbons (Fsp3) is 0.125. The lowest BCUT2D eigenvalue weighted by Crippen LogP contribution is -2.22. The topological polar surface area (TPSA) is 87.4 Å². The van der Waals surface area contributed by atoms with E-state index in [0.717, 1.165) is 12.1 Å². The minimum Gasteiger partial charge on any atom is -0.399 e. The number of rotatable bonds is 5. The highest BCUT2D eigenvalue weighted by Crippen LogP contribution is 2.25. The van der Waals surface area contributed by atoms with Crippen molar-refractivity contribution < 1.29 is 18.7 Å². The molecule has 7 heteroatoms. The largest absolute Gasteiger partial charge is 0.399 e. The first-order valence-corrected chi connectivity index (χ1v) is 9.25. The Hall–Kier alpha value is -4.07. The van der Waals surface area contributed by atoms with Crippen molar-refractivity contribution in [2.24, 2.45) is 5.92 Å². The first-order valence-electron chi connectivity index (χ1n) is 9.25. The second-order valence-electron chi connectivity index (χ2n) is 6.95. The molecule has 0 saturated heterocycles. The van der Waals surface area contributed by atoms with Gasteiger partial charge in [-0.05, 0) is 48.6 Å². The van der Waals surface area contributed by atoms with Gasteiger partial charge in [0.15, 0.2) is 6.23 Å². The first-order chi connectivity index (χ1) is 14.8. The molecular weight excluding hydrogens is 400 g/mol. The number of aliphatic hydroxyl groups excluding tert-OH is 1. The van der Waals surface area contributed by atoms with Gasteiger partial charge in [0.05, 0.1) is 0 Å². The van der Waals surface area contributed by atoms with E-state index in [4.69, 9.17) is 18.6 Å². The molecule has 0 bridgehead atoms. The lowest BCUT2D eigenvalue weighted by molar-refractivity contribution is 0.102. The minimum absolute atomic E-state index is 0.0991. The number of nitrogens with one attached hydrogen (secondary N) is 2. The van der Waals surface area contributed by atoms with Gasteiger partial charge in [0.1, 0.15) is 11.6 Å². The maximum Gasteiger partial charge on any atom is 0.255 e. The fourth-order valence-corrected chi connectivity index (χ4v) is 3.11. The summed E-state index contributed by atoms with van der Waals surface area (Å²) in [6.07, 6.45) is 12.3. The van der Waals surface area contributed by atoms with Crippen LogP contribution in [0.4, 0.5) is 20.2 Å². The summed E-state index contributed by atoms with van der Waals surface area (Å²) in [7, 11) is 0. The number of nitrogens with two attached hydrogens (primary N) is 1. The van der Waals surface area contributed by atoms with Gasteiger partial charge in [0.25, 0.3) is 5.91 Å². The Morgan fingerprint density at radius 1 is 1.19 bits per heavy atom. The van der Waals surface area contributed by atoms with Crippen LogP contribution >= 0.6 is 0 Å². The van der Waals surface area contributed by atoms with Crippen molar-refractivity contribution in [3.63, 3.8) is 0 Å². The zero-order valence-corrected chi connectivity index (χ0v) is 16.3. The van der Waals surface area contributed by atoms with Crippen molar-refractivity contribution in [2.75, 3.05) is 11.1 Å². The first kappa shape index (κ1) is 21.6. The Kier molecular flexibility index (Phi) is 6.40. The molecule has 0 aliphatic heterocycles. The zero-order chi connectivity index (χ0) is 22.5. The van der Waals surface area contributed by atoms with Crippen molar-refractivity contribution in [2.45, 2.75) is 12.6 Å². The van der Waals surface area contributed by atoms with Crippen LogP contribution in [-0.4, -0.2) is 11.0 Å². The lowest BCUT2D eigenvalue weighted by atomic mass is 9.99. The van der Waals surface area contributed by atoms with Crippen molar-refractivity contribution in [3.05, 3.63) is 82.6 Å². The maximum atomic E-state index is 13.7. The molecule has 5 N–H and O–H groups in total. The van der Waals surface area contributed by atoms with Gasteiger partial charge in [-0.3, -0.25) is 4.79 Å². The predicted molar refractivity (Wildman–Crippen MR) is 115 cm³/mol. The summed E-state index contributed by atoms with van der Waals surface area (Å²) < 4.78 is 27.4. The third kappa shape index (κ3) is 5.51. The van der Waals surface area contributed by atoms with Crippen LogP contribution in [0.2, 0.25) is 0 Å². The van der Waals surface area contributed by atoms with E-state index in [9.17, 15) is 18.7 Å². The van der Waals surface area contributed by atoms with E-state index in [-0.39, 0.29) is 34.5 Å². The third-order valence-corrected chi connectivity index (χ3v) is 4.50. The molecule has 31 heavy (non-hydrogen) atoms. The molecule has 2 atom stereocenters. The normalized spacial score (nSPS) is 16.2. The van der Waals surface area contributed by atoms with Gasteiger partial charge < -0.3 is 21.5 Å². The van der Waals surface area contributed by atoms with Crippen molar-refractivity contribution >= 4 is 17.3 Å². The third-order valence-electron chi connectivity index (χ3n) is 4.50. The molecule has 5 nitrogen and oxygen atoms in total. The zero-order valence-electron chi connectivity index (χ0n) is 16.3. The van der Waals surface area contributed by atoms with E-state index >= 15 is 0 Å². The molecule has 2 aromatic carbocycles. The standard InChI is InChI=1S/C24H19F2N3O2/c1-3-14-5-18(25)12-21(7-14)28-23(30)16-9-17(11-20(27)10-16)24(31)29-22-8-15(4-2)6-19(26)13-22/h1-2,5,7-13,15,24,29,31H,6,27H2,(H,28,30). The fourth-order valence-electron chi connectivity index (χ4n) is 3.11. The Morgan fingerprint density at radius 2 is 1.97 bits per heavy atom. The van der Waals surface area contributed by atoms with Crippen LogP contribution in [-0.2, 0) is 0 Å². The molecule has 0 aromatic heterocycles. The molecule has 0 heterocycles. The lowest BCUT2D eigenvalue weighted by Gasteiger charge is -2.20. The molecule has 1 aliphatic carbocycles. The van der Waals surface area contributed by atoms with Gasteiger partial charge in [-0.15, -0.1) is 12.8 Å². The summed E-state index contributed by atoms with van der Waals surface area (Å²) in [4.78, 5) is 12.6. The molecule has 2 unspecified atom stereocenters. The van der Waals surface area contributed by atoms with E-state index < -0.39 is 29.7 Å². The predicted octanol–water partition coefficient (Wildman–Crippen LogP) is 3.61. The number of hydrogen-bond acceptors (Lipinski definition) is 4. The van der Waals surface area contributed by atoms with E-state index in [1.54, 1.807) is 6.08 Å². The molecule has 0 spiro atoms. The maximum absolute atomic E-state index is 13.7. The number of nitrogen functional groups attached to an aromatic ring is 1. The van der Waals surface area contributed by atoms with Crippen molar-refractivity contribution in [3.8, 4) is 24.7 Å². The SMILES string of the molecule is C#Cc1cc(F)cc(NC(=O)c2cc(N)cc(C(O)NC3=CC(C#C)CC(F)=C3)c2)c1. The Balaban J connectivity index is 1.81. The molecule has 3 rings (SSSR count). The summed E-state index contributed by atoms with van der Waals surface area (Å²) in [5.74, 6) is 2.75. The highest BCUT2D eigenvalue weighted by molar-refractivity contribution is 6.05. The number of halogens is 2. The van der Waals surface area contributed by atoms with Crippen LogP contribution in [0.3, 0.4) is 0 Å². The molecule has 2 aromatic rings. The van der Waals surface area contributed by atoms with E-state index in [2.05, 4.69) is 22.5 Å². The van der Waals surface area contributed by atoms with Crippen LogP contribution in [0.5, 0.6) is 0 Å². The second-order valence-corrected chi connectivity index (χ2v) is 6.95. The van der Waals surface area contributed by atoms with E-state index in [1.807, 2.05) is 0 Å². The van der Waals surface area contributed by atoms with E-state index in [1.165, 1.54) is 30.3 Å². The average Bonchev–Trinajstić information content (AvgIpc) is 2.72. The Morgan fingerprint density at radius 3 is 2.68 bits per heavy atom. The average molecular weight is 419 g/mol. The monoisotopic (exact) mass is 419 g/mol. The number of hydrogen-bond donors (Lipinski definition) is 4. The summed E-state index contributed by atoms with van der Waals surface area (Å²) in [5, 5.41) is 15.8. The number of carbonyl (C=O) groups is 1. The second kappa shape index (κ2) is 9.17. The quantitative estimate of drug-likeness (QED) is 0.339. The summed E-state index contributed by atoms with van der Waals surface area (Å²) >= 11 is 0. The summed E-state index contributed by atoms with van der Waals surface area (Å²) in [6, 6.07) is 8.02. The Bertz CT molecular complexity index is 1170.